The number of hydrogen-bond acceptors (Lipinski definition) is 4. The van der Waals surface area contributed by atoms with E-state index in [0.29, 0.717) is 24.2 Å². The van der Waals surface area contributed by atoms with Crippen LogP contribution >= 0.6 is 0 Å². The molecule has 1 N–H and O–H groups in total. The second kappa shape index (κ2) is 7.00. The quantitative estimate of drug-likeness (QED) is 0.932. The Morgan fingerprint density at radius 2 is 1.61 bits per heavy atom. The van der Waals surface area contributed by atoms with Gasteiger partial charge in [-0.15, -0.1) is 0 Å². The van der Waals surface area contributed by atoms with Crippen molar-refractivity contribution >= 4 is 11.8 Å². The number of hydrogen-bond donors (Lipinski definition) is 1. The van der Waals surface area contributed by atoms with Gasteiger partial charge in [0.15, 0.2) is 0 Å². The van der Waals surface area contributed by atoms with Crippen LogP contribution < -0.4 is 5.32 Å². The fourth-order valence-electron chi connectivity index (χ4n) is 2.66. The van der Waals surface area contributed by atoms with Gasteiger partial charge < -0.3 is 10.2 Å². The van der Waals surface area contributed by atoms with Gasteiger partial charge in [0, 0.05) is 43.9 Å². The number of rotatable bonds is 3. The zero-order chi connectivity index (χ0) is 16.1. The Hall–Kier alpha value is -2.76. The van der Waals surface area contributed by atoms with Crippen LogP contribution in [0.15, 0.2) is 49.1 Å². The summed E-state index contributed by atoms with van der Waals surface area (Å²) < 4.78 is 0. The molecule has 0 aromatic carbocycles. The summed E-state index contributed by atoms with van der Waals surface area (Å²) in [6.07, 6.45) is 7.92. The summed E-state index contributed by atoms with van der Waals surface area (Å²) in [6, 6.07) is 7.09. The number of aromatic nitrogens is 2. The molecule has 0 unspecified atom stereocenters. The number of nitrogens with zero attached hydrogens (tertiary/aromatic N) is 3. The monoisotopic (exact) mass is 310 g/mol. The number of carbonyl (C=O) groups excluding carboxylic acids is 2. The molecule has 6 nitrogen and oxygen atoms in total. The van der Waals surface area contributed by atoms with E-state index in [1.165, 1.54) is 0 Å². The summed E-state index contributed by atoms with van der Waals surface area (Å²) in [5, 5.41) is 3.01. The summed E-state index contributed by atoms with van der Waals surface area (Å²) in [7, 11) is 0. The normalized spacial score (nSPS) is 15.2. The lowest BCUT2D eigenvalue weighted by Gasteiger charge is -2.32. The fraction of sp³-hybridized carbons (Fsp3) is 0.294. The van der Waals surface area contributed by atoms with Crippen LogP contribution in [0.2, 0.25) is 0 Å². The van der Waals surface area contributed by atoms with Crippen molar-refractivity contribution in [2.24, 2.45) is 0 Å². The minimum absolute atomic E-state index is 0.00450. The first-order valence-electron chi connectivity index (χ1n) is 7.64. The van der Waals surface area contributed by atoms with E-state index in [1.54, 1.807) is 49.1 Å². The van der Waals surface area contributed by atoms with E-state index in [1.807, 2.05) is 4.90 Å². The van der Waals surface area contributed by atoms with E-state index in [0.717, 1.165) is 12.8 Å². The summed E-state index contributed by atoms with van der Waals surface area (Å²) in [4.78, 5) is 34.2. The maximum absolute atomic E-state index is 12.3. The van der Waals surface area contributed by atoms with Crippen molar-refractivity contribution in [3.63, 3.8) is 0 Å². The van der Waals surface area contributed by atoms with Crippen molar-refractivity contribution in [1.29, 1.82) is 0 Å². The van der Waals surface area contributed by atoms with Crippen molar-refractivity contribution in [3.8, 4) is 0 Å². The number of likely N-dealkylation sites (tertiary alicyclic amines) is 1. The molecule has 3 rings (SSSR count). The summed E-state index contributed by atoms with van der Waals surface area (Å²) in [5.74, 6) is -0.120. The van der Waals surface area contributed by atoms with Gasteiger partial charge in [0.25, 0.3) is 11.8 Å². The number of piperidine rings is 1. The van der Waals surface area contributed by atoms with Crippen LogP contribution in [0.1, 0.15) is 33.6 Å². The molecule has 0 spiro atoms. The number of nitrogens with one attached hydrogen (secondary N) is 1. The average Bonchev–Trinajstić information content (AvgIpc) is 2.63. The van der Waals surface area contributed by atoms with E-state index >= 15 is 0 Å². The van der Waals surface area contributed by atoms with Crippen LogP contribution in [0.25, 0.3) is 0 Å². The third kappa shape index (κ3) is 3.71. The third-order valence-corrected chi connectivity index (χ3v) is 3.95. The molecule has 23 heavy (non-hydrogen) atoms. The van der Waals surface area contributed by atoms with Gasteiger partial charge in [0.2, 0.25) is 0 Å². The molecule has 0 atom stereocenters. The Bertz CT molecular complexity index is 668. The lowest BCUT2D eigenvalue weighted by atomic mass is 10.0. The molecule has 118 valence electrons. The molecule has 0 bridgehead atoms. The van der Waals surface area contributed by atoms with Gasteiger partial charge in [-0.05, 0) is 37.1 Å². The molecule has 0 aliphatic carbocycles. The highest BCUT2D eigenvalue weighted by Crippen LogP contribution is 2.14. The summed E-state index contributed by atoms with van der Waals surface area (Å²) in [6.45, 7) is 1.26. The van der Waals surface area contributed by atoms with E-state index in [-0.39, 0.29) is 17.9 Å². The molecular formula is C17H18N4O2. The van der Waals surface area contributed by atoms with E-state index in [9.17, 15) is 9.59 Å². The van der Waals surface area contributed by atoms with Crippen molar-refractivity contribution < 1.29 is 9.59 Å². The minimum Gasteiger partial charge on any atom is -0.349 e. The van der Waals surface area contributed by atoms with Crippen molar-refractivity contribution in [2.75, 3.05) is 13.1 Å². The van der Waals surface area contributed by atoms with Gasteiger partial charge in [-0.2, -0.15) is 0 Å². The van der Waals surface area contributed by atoms with Crippen LogP contribution in [-0.2, 0) is 0 Å². The molecule has 1 fully saturated rings. The molecule has 1 saturated heterocycles. The Labute approximate surface area is 134 Å². The molecule has 0 saturated carbocycles. The highest BCUT2D eigenvalue weighted by atomic mass is 16.2. The van der Waals surface area contributed by atoms with Crippen LogP contribution in [-0.4, -0.2) is 45.8 Å². The van der Waals surface area contributed by atoms with Crippen molar-refractivity contribution in [2.45, 2.75) is 18.9 Å². The average molecular weight is 310 g/mol. The van der Waals surface area contributed by atoms with E-state index < -0.39 is 0 Å². The highest BCUT2D eigenvalue weighted by Gasteiger charge is 2.24. The number of carbonyl (C=O) groups is 2. The lowest BCUT2D eigenvalue weighted by molar-refractivity contribution is 0.0697. The third-order valence-electron chi connectivity index (χ3n) is 3.95. The first kappa shape index (κ1) is 15.1. The van der Waals surface area contributed by atoms with Crippen LogP contribution in [0.4, 0.5) is 0 Å². The first-order valence-corrected chi connectivity index (χ1v) is 7.64. The van der Waals surface area contributed by atoms with Crippen molar-refractivity contribution in [3.05, 3.63) is 60.2 Å². The summed E-state index contributed by atoms with van der Waals surface area (Å²) in [5.41, 5.74) is 1.16. The Morgan fingerprint density at radius 1 is 1.00 bits per heavy atom. The van der Waals surface area contributed by atoms with Crippen LogP contribution in [0.5, 0.6) is 0 Å². The summed E-state index contributed by atoms with van der Waals surface area (Å²) >= 11 is 0. The van der Waals surface area contributed by atoms with Gasteiger partial charge in [0.1, 0.15) is 0 Å². The Morgan fingerprint density at radius 3 is 2.17 bits per heavy atom. The maximum atomic E-state index is 12.3. The molecule has 3 heterocycles. The topological polar surface area (TPSA) is 75.2 Å². The lowest BCUT2D eigenvalue weighted by Crippen LogP contribution is -2.46. The predicted molar refractivity (Wildman–Crippen MR) is 84.9 cm³/mol. The van der Waals surface area contributed by atoms with Gasteiger partial charge in [-0.25, -0.2) is 0 Å². The van der Waals surface area contributed by atoms with E-state index in [2.05, 4.69) is 15.3 Å². The van der Waals surface area contributed by atoms with Crippen molar-refractivity contribution in [1.82, 2.24) is 20.2 Å². The van der Waals surface area contributed by atoms with Gasteiger partial charge >= 0.3 is 0 Å². The molecule has 0 radical (unpaired) electrons. The van der Waals surface area contributed by atoms with Gasteiger partial charge in [0.05, 0.1) is 11.1 Å². The standard InChI is InChI=1S/C17H18N4O2/c22-16(13-3-1-7-18-11-13)20-15-5-9-21(10-6-15)17(23)14-4-2-8-19-12-14/h1-4,7-8,11-12,15H,5-6,9-10H2,(H,20,22). The first-order chi connectivity index (χ1) is 11.2. The molecular weight excluding hydrogens is 292 g/mol. The minimum atomic E-state index is -0.116. The largest absolute Gasteiger partial charge is 0.349 e. The van der Waals surface area contributed by atoms with Crippen LogP contribution in [0.3, 0.4) is 0 Å². The predicted octanol–water partition coefficient (Wildman–Crippen LogP) is 1.51. The van der Waals surface area contributed by atoms with Gasteiger partial charge in [-0.3, -0.25) is 19.6 Å². The molecule has 1 aliphatic heterocycles. The molecule has 1 aliphatic rings. The SMILES string of the molecule is O=C(NC1CCN(C(=O)c2cccnc2)CC1)c1cccnc1. The second-order valence-electron chi connectivity index (χ2n) is 5.52. The van der Waals surface area contributed by atoms with Crippen LogP contribution in [0, 0.1) is 0 Å². The molecule has 6 heteroatoms. The molecule has 2 aromatic rings. The van der Waals surface area contributed by atoms with E-state index in [4.69, 9.17) is 0 Å². The molecule has 2 amide bonds. The number of amides is 2. The van der Waals surface area contributed by atoms with Gasteiger partial charge in [-0.1, -0.05) is 0 Å². The zero-order valence-corrected chi connectivity index (χ0v) is 12.7. The zero-order valence-electron chi connectivity index (χ0n) is 12.7. The molecule has 2 aromatic heterocycles. The highest BCUT2D eigenvalue weighted by molar-refractivity contribution is 5.94. The second-order valence-corrected chi connectivity index (χ2v) is 5.52. The fourth-order valence-corrected chi connectivity index (χ4v) is 2.66. The smallest absolute Gasteiger partial charge is 0.255 e. The number of pyridine rings is 2. The Balaban J connectivity index is 1.53. The maximum Gasteiger partial charge on any atom is 0.255 e. The Kier molecular flexibility index (Phi) is 4.61.